The lowest BCUT2D eigenvalue weighted by Gasteiger charge is -2.29. The molecule has 1 aliphatic heterocycles. The quantitative estimate of drug-likeness (QED) is 0.611. The Kier molecular flexibility index (Phi) is 5.13. The van der Waals surface area contributed by atoms with Crippen molar-refractivity contribution in [2.45, 2.75) is 0 Å². The first kappa shape index (κ1) is 18.9. The maximum atomic E-state index is 14.1. The highest BCUT2D eigenvalue weighted by molar-refractivity contribution is 5.96. The van der Waals surface area contributed by atoms with E-state index in [4.69, 9.17) is 10.2 Å². The largest absolute Gasteiger partial charge is 0.419 e. The Morgan fingerprint density at radius 2 is 1.83 bits per heavy atom. The second-order valence-electron chi connectivity index (χ2n) is 6.57. The minimum atomic E-state index is -0.877. The molecule has 150 valence electrons. The van der Waals surface area contributed by atoms with Gasteiger partial charge >= 0.3 is 0 Å². The summed E-state index contributed by atoms with van der Waals surface area (Å²) in [5.41, 5.74) is 6.30. The van der Waals surface area contributed by atoms with Gasteiger partial charge in [-0.3, -0.25) is 4.79 Å². The molecule has 0 aliphatic carbocycles. The summed E-state index contributed by atoms with van der Waals surface area (Å²) in [6, 6.07) is 10.9. The lowest BCUT2D eigenvalue weighted by Crippen LogP contribution is -2.43. The number of halogens is 2. The number of amides is 1. The number of benzene rings is 2. The minimum absolute atomic E-state index is 0.0763. The van der Waals surface area contributed by atoms with Gasteiger partial charge in [0.05, 0.1) is 0 Å². The molecule has 4 rings (SSSR count). The van der Waals surface area contributed by atoms with E-state index < -0.39 is 23.1 Å². The molecule has 4 N–H and O–H groups in total. The van der Waals surface area contributed by atoms with Gasteiger partial charge in [-0.25, -0.2) is 13.8 Å². The molecule has 1 fully saturated rings. The number of primary amides is 1. The zero-order chi connectivity index (χ0) is 20.4. The van der Waals surface area contributed by atoms with Crippen molar-refractivity contribution in [3.05, 3.63) is 59.8 Å². The van der Waals surface area contributed by atoms with Crippen LogP contribution in [0.1, 0.15) is 10.5 Å². The number of aromatic nitrogens is 1. The van der Waals surface area contributed by atoms with Gasteiger partial charge in [-0.1, -0.05) is 12.1 Å². The van der Waals surface area contributed by atoms with Crippen LogP contribution in [0.15, 0.2) is 46.9 Å². The van der Waals surface area contributed by atoms with E-state index in [2.05, 4.69) is 20.5 Å². The molecule has 2 aromatic carbocycles. The fraction of sp³-hybridized carbons (Fsp3) is 0.200. The summed E-state index contributed by atoms with van der Waals surface area (Å²) >= 11 is 0. The summed E-state index contributed by atoms with van der Waals surface area (Å²) in [5, 5.41) is 6.24. The van der Waals surface area contributed by atoms with E-state index in [0.717, 1.165) is 44.0 Å². The third kappa shape index (κ3) is 3.90. The zero-order valence-corrected chi connectivity index (χ0v) is 15.4. The molecule has 1 aliphatic rings. The van der Waals surface area contributed by atoms with Crippen LogP contribution in [-0.4, -0.2) is 37.1 Å². The van der Waals surface area contributed by atoms with Gasteiger partial charge in [-0.15, -0.1) is 0 Å². The van der Waals surface area contributed by atoms with Gasteiger partial charge in [0.2, 0.25) is 11.8 Å². The number of carbonyl (C=O) groups excluding carboxylic acids is 1. The molecule has 7 nitrogen and oxygen atoms in total. The number of hydrogen-bond donors (Lipinski definition) is 3. The second-order valence-corrected chi connectivity index (χ2v) is 6.57. The Balaban J connectivity index is 1.67. The van der Waals surface area contributed by atoms with Crippen LogP contribution in [0.4, 0.5) is 26.0 Å². The van der Waals surface area contributed by atoms with Gasteiger partial charge in [0, 0.05) is 37.6 Å². The van der Waals surface area contributed by atoms with Crippen molar-refractivity contribution >= 4 is 23.2 Å². The van der Waals surface area contributed by atoms with Crippen molar-refractivity contribution < 1.29 is 18.0 Å². The van der Waals surface area contributed by atoms with Crippen LogP contribution in [0, 0.1) is 11.6 Å². The van der Waals surface area contributed by atoms with Crippen LogP contribution in [0.3, 0.4) is 0 Å². The number of piperazine rings is 1. The van der Waals surface area contributed by atoms with Crippen molar-refractivity contribution in [2.75, 3.05) is 36.4 Å². The molecule has 0 unspecified atom stereocenters. The molecule has 2 heterocycles. The number of nitrogens with one attached hydrogen (secondary N) is 2. The fourth-order valence-electron chi connectivity index (χ4n) is 3.22. The lowest BCUT2D eigenvalue weighted by atomic mass is 10.2. The van der Waals surface area contributed by atoms with Crippen molar-refractivity contribution in [2.24, 2.45) is 5.73 Å². The molecule has 29 heavy (non-hydrogen) atoms. The summed E-state index contributed by atoms with van der Waals surface area (Å²) < 4.78 is 33.6. The molecule has 0 bridgehead atoms. The van der Waals surface area contributed by atoms with Crippen LogP contribution in [0.5, 0.6) is 0 Å². The topological polar surface area (TPSA) is 96.4 Å². The molecule has 0 spiro atoms. The van der Waals surface area contributed by atoms with Gasteiger partial charge < -0.3 is 25.7 Å². The van der Waals surface area contributed by atoms with E-state index >= 15 is 0 Å². The Morgan fingerprint density at radius 1 is 1.14 bits per heavy atom. The summed E-state index contributed by atoms with van der Waals surface area (Å²) in [5.74, 6) is -3.02. The van der Waals surface area contributed by atoms with Crippen molar-refractivity contribution in [1.82, 2.24) is 10.3 Å². The van der Waals surface area contributed by atoms with E-state index in [1.165, 1.54) is 6.07 Å². The predicted octanol–water partition coefficient (Wildman–Crippen LogP) is 2.87. The van der Waals surface area contributed by atoms with Crippen molar-refractivity contribution in [3.8, 4) is 11.5 Å². The molecular formula is C20H19F2N5O2. The molecule has 3 aromatic rings. The van der Waals surface area contributed by atoms with E-state index in [1.54, 1.807) is 6.07 Å². The number of nitrogens with two attached hydrogens (primary N) is 1. The van der Waals surface area contributed by atoms with E-state index in [0.29, 0.717) is 5.69 Å². The first-order chi connectivity index (χ1) is 14.0. The molecular weight excluding hydrogens is 380 g/mol. The lowest BCUT2D eigenvalue weighted by molar-refractivity contribution is 0.0996. The first-order valence-electron chi connectivity index (χ1n) is 9.10. The maximum absolute atomic E-state index is 14.1. The van der Waals surface area contributed by atoms with Crippen molar-refractivity contribution in [3.63, 3.8) is 0 Å². The molecule has 0 saturated carbocycles. The van der Waals surface area contributed by atoms with Crippen LogP contribution in [0.2, 0.25) is 0 Å². The minimum Gasteiger partial charge on any atom is -0.419 e. The molecule has 0 radical (unpaired) electrons. The standard InChI is InChI=1S/C20H19F2N5O2/c21-14-5-2-6-15(22)16(14)19-26-17(18(23)28)20(29-19)25-12-3-1-4-13(11-12)27-9-7-24-8-10-27/h1-6,11,24-25H,7-10H2,(H2,23,28). The number of carbonyl (C=O) groups is 1. The average Bonchev–Trinajstić information content (AvgIpc) is 3.12. The Labute approximate surface area is 165 Å². The monoisotopic (exact) mass is 399 g/mol. The molecule has 1 aromatic heterocycles. The average molecular weight is 399 g/mol. The number of hydrogen-bond acceptors (Lipinski definition) is 6. The predicted molar refractivity (Wildman–Crippen MR) is 105 cm³/mol. The number of rotatable bonds is 5. The van der Waals surface area contributed by atoms with Gasteiger partial charge in [0.1, 0.15) is 17.2 Å². The second kappa shape index (κ2) is 7.88. The van der Waals surface area contributed by atoms with Gasteiger partial charge in [-0.2, -0.15) is 0 Å². The van der Waals surface area contributed by atoms with Crippen LogP contribution < -0.4 is 21.3 Å². The maximum Gasteiger partial charge on any atom is 0.273 e. The van der Waals surface area contributed by atoms with E-state index in [1.807, 2.05) is 18.2 Å². The zero-order valence-electron chi connectivity index (χ0n) is 15.4. The summed E-state index contributed by atoms with van der Waals surface area (Å²) in [6.07, 6.45) is 0. The van der Waals surface area contributed by atoms with E-state index in [-0.39, 0.29) is 17.5 Å². The number of nitrogens with zero attached hydrogens (tertiary/aromatic N) is 2. The van der Waals surface area contributed by atoms with Crippen LogP contribution in [-0.2, 0) is 0 Å². The Morgan fingerprint density at radius 3 is 2.52 bits per heavy atom. The van der Waals surface area contributed by atoms with Crippen LogP contribution in [0.25, 0.3) is 11.5 Å². The normalized spacial score (nSPS) is 14.1. The van der Waals surface area contributed by atoms with Gasteiger partial charge in [0.25, 0.3) is 5.91 Å². The highest BCUT2D eigenvalue weighted by Gasteiger charge is 2.23. The highest BCUT2D eigenvalue weighted by atomic mass is 19.1. The first-order valence-corrected chi connectivity index (χ1v) is 9.10. The Hall–Kier alpha value is -3.46. The van der Waals surface area contributed by atoms with Crippen LogP contribution >= 0.6 is 0 Å². The van der Waals surface area contributed by atoms with Gasteiger partial charge in [0.15, 0.2) is 5.69 Å². The Bertz CT molecular complexity index is 1030. The highest BCUT2D eigenvalue weighted by Crippen LogP contribution is 2.32. The molecule has 9 heteroatoms. The number of anilines is 3. The third-order valence-electron chi connectivity index (χ3n) is 4.62. The molecule has 1 amide bonds. The smallest absolute Gasteiger partial charge is 0.273 e. The number of oxazole rings is 1. The van der Waals surface area contributed by atoms with Crippen molar-refractivity contribution in [1.29, 1.82) is 0 Å². The fourth-order valence-corrected chi connectivity index (χ4v) is 3.22. The SMILES string of the molecule is NC(=O)c1nc(-c2c(F)cccc2F)oc1Nc1cccc(N2CCNCC2)c1. The summed E-state index contributed by atoms with van der Waals surface area (Å²) in [4.78, 5) is 17.9. The van der Waals surface area contributed by atoms with Gasteiger partial charge in [-0.05, 0) is 30.3 Å². The molecule has 1 saturated heterocycles. The summed E-state index contributed by atoms with van der Waals surface area (Å²) in [6.45, 7) is 3.52. The van der Waals surface area contributed by atoms with E-state index in [9.17, 15) is 13.6 Å². The third-order valence-corrected chi connectivity index (χ3v) is 4.62. The molecule has 0 atom stereocenters. The summed E-state index contributed by atoms with van der Waals surface area (Å²) in [7, 11) is 0.